The third-order valence-electron chi connectivity index (χ3n) is 4.52. The van der Waals surface area contributed by atoms with Crippen LogP contribution in [0.5, 0.6) is 0 Å². The van der Waals surface area contributed by atoms with Gasteiger partial charge in [-0.3, -0.25) is 0 Å². The summed E-state index contributed by atoms with van der Waals surface area (Å²) >= 11 is 0. The van der Waals surface area contributed by atoms with Crippen LogP contribution in [0, 0.1) is 0 Å². The summed E-state index contributed by atoms with van der Waals surface area (Å²) in [4.78, 5) is 24.3. The number of unbranched alkanes of at least 4 members (excludes halogenated alkanes) is 4. The van der Waals surface area contributed by atoms with E-state index < -0.39 is 32.5 Å². The largest absolute Gasteiger partial charge is 1.00 e. The molecule has 1 rings (SSSR count). The second kappa shape index (κ2) is 18.5. The Bertz CT molecular complexity index is 892. The molecule has 0 aliphatic heterocycles. The van der Waals surface area contributed by atoms with Gasteiger partial charge in [0.1, 0.15) is 10.1 Å². The fourth-order valence-corrected chi connectivity index (χ4v) is 3.59. The van der Waals surface area contributed by atoms with Gasteiger partial charge in [0.25, 0.3) is 0 Å². The Morgan fingerprint density at radius 2 is 1.36 bits per heavy atom. The minimum absolute atomic E-state index is 0. The zero-order chi connectivity index (χ0) is 23.8. The fraction of sp³-hybridized carbons (Fsp3) is 0.500. The van der Waals surface area contributed by atoms with Crippen LogP contribution in [0.4, 0.5) is 0 Å². The summed E-state index contributed by atoms with van der Waals surface area (Å²) in [5, 5.41) is 0. The van der Waals surface area contributed by atoms with Gasteiger partial charge in [0.05, 0.1) is 29.2 Å². The van der Waals surface area contributed by atoms with Crippen LogP contribution in [-0.2, 0) is 19.6 Å². The molecule has 0 aromatic heterocycles. The Morgan fingerprint density at radius 3 is 1.85 bits per heavy atom. The molecular formula is C24H33KO7S. The summed E-state index contributed by atoms with van der Waals surface area (Å²) in [6.07, 6.45) is 14.6. The number of allylic oxidation sites excluding steroid dienone is 4. The molecule has 0 heterocycles. The van der Waals surface area contributed by atoms with Crippen molar-refractivity contribution in [3.05, 3.63) is 53.6 Å². The van der Waals surface area contributed by atoms with E-state index in [1.54, 1.807) is 0 Å². The molecule has 1 aromatic carbocycles. The SMILES string of the molecule is CC/C=C/CCCCOC(=O)c1cccc(S(=O)(=O)[O-])c1C(=O)OCCCC/C=C/CC.[K+]. The van der Waals surface area contributed by atoms with Crippen molar-refractivity contribution in [2.75, 3.05) is 13.2 Å². The first kappa shape index (κ1) is 32.2. The van der Waals surface area contributed by atoms with E-state index in [0.29, 0.717) is 12.8 Å². The van der Waals surface area contributed by atoms with E-state index >= 15 is 0 Å². The normalized spacial score (nSPS) is 11.5. The van der Waals surface area contributed by atoms with Crippen LogP contribution in [0.25, 0.3) is 0 Å². The standard InChI is InChI=1S/C24H34O7S.K/c1-3-5-7-9-11-13-18-30-23(25)20-16-15-17-21(32(27,28)29)22(20)24(26)31-19-14-12-10-8-6-4-2;/h5-8,15-17H,3-4,9-14,18-19H2,1-2H3,(H,27,28,29);/q;+1/p-1/b7-5+,8-6+;. The fourth-order valence-electron chi connectivity index (χ4n) is 2.90. The van der Waals surface area contributed by atoms with Crippen molar-refractivity contribution in [3.63, 3.8) is 0 Å². The van der Waals surface area contributed by atoms with Crippen molar-refractivity contribution in [1.82, 2.24) is 0 Å². The molecule has 1 aromatic rings. The van der Waals surface area contributed by atoms with Crippen molar-refractivity contribution in [2.24, 2.45) is 0 Å². The molecule has 0 spiro atoms. The van der Waals surface area contributed by atoms with Crippen LogP contribution < -0.4 is 51.4 Å². The van der Waals surface area contributed by atoms with Crippen LogP contribution >= 0.6 is 0 Å². The van der Waals surface area contributed by atoms with Crippen LogP contribution in [-0.4, -0.2) is 38.1 Å². The molecule has 0 fully saturated rings. The maximum absolute atomic E-state index is 12.6. The van der Waals surface area contributed by atoms with Crippen molar-refractivity contribution < 1.29 is 83.4 Å². The van der Waals surface area contributed by atoms with E-state index in [4.69, 9.17) is 9.47 Å². The molecule has 0 aliphatic rings. The number of rotatable bonds is 15. The molecule has 7 nitrogen and oxygen atoms in total. The van der Waals surface area contributed by atoms with Crippen molar-refractivity contribution in [3.8, 4) is 0 Å². The second-order valence-electron chi connectivity index (χ2n) is 7.16. The van der Waals surface area contributed by atoms with Gasteiger partial charge in [-0.25, -0.2) is 18.0 Å². The van der Waals surface area contributed by atoms with Crippen LogP contribution in [0.3, 0.4) is 0 Å². The Kier molecular flexibility index (Phi) is 18.0. The van der Waals surface area contributed by atoms with E-state index in [1.165, 1.54) is 12.1 Å². The van der Waals surface area contributed by atoms with Gasteiger partial charge in [-0.1, -0.05) is 44.2 Å². The summed E-state index contributed by atoms with van der Waals surface area (Å²) in [5.74, 6) is -1.89. The molecule has 178 valence electrons. The summed E-state index contributed by atoms with van der Waals surface area (Å²) < 4.78 is 45.4. The van der Waals surface area contributed by atoms with Crippen molar-refractivity contribution in [1.29, 1.82) is 0 Å². The van der Waals surface area contributed by atoms with Gasteiger partial charge in [-0.05, 0) is 63.5 Å². The number of ether oxygens (including phenoxy) is 2. The third-order valence-corrected chi connectivity index (χ3v) is 5.40. The van der Waals surface area contributed by atoms with E-state index in [0.717, 1.165) is 44.6 Å². The number of carbonyl (C=O) groups is 2. The molecule has 33 heavy (non-hydrogen) atoms. The summed E-state index contributed by atoms with van der Waals surface area (Å²) in [6, 6.07) is 3.48. The van der Waals surface area contributed by atoms with Gasteiger partial charge in [0.15, 0.2) is 0 Å². The van der Waals surface area contributed by atoms with Gasteiger partial charge in [-0.2, -0.15) is 0 Å². The first-order valence-electron chi connectivity index (χ1n) is 11.1. The van der Waals surface area contributed by atoms with E-state index in [-0.39, 0.29) is 70.2 Å². The van der Waals surface area contributed by atoms with Crippen molar-refractivity contribution >= 4 is 22.1 Å². The van der Waals surface area contributed by atoms with Gasteiger partial charge in [0, 0.05) is 0 Å². The summed E-state index contributed by atoms with van der Waals surface area (Å²) in [6.45, 7) is 4.24. The molecular weight excluding hydrogens is 471 g/mol. The number of hydrogen-bond acceptors (Lipinski definition) is 7. The first-order valence-corrected chi connectivity index (χ1v) is 12.5. The Balaban J connectivity index is 0.0000102. The van der Waals surface area contributed by atoms with Crippen LogP contribution in [0.2, 0.25) is 0 Å². The zero-order valence-electron chi connectivity index (χ0n) is 19.9. The number of benzene rings is 1. The molecule has 0 saturated heterocycles. The second-order valence-corrected chi connectivity index (χ2v) is 8.50. The monoisotopic (exact) mass is 504 g/mol. The van der Waals surface area contributed by atoms with Crippen molar-refractivity contribution in [2.45, 2.75) is 70.1 Å². The average Bonchev–Trinajstić information content (AvgIpc) is 2.76. The van der Waals surface area contributed by atoms with Gasteiger partial charge in [0.2, 0.25) is 0 Å². The average molecular weight is 505 g/mol. The molecule has 0 bridgehead atoms. The molecule has 0 N–H and O–H groups in total. The predicted molar refractivity (Wildman–Crippen MR) is 122 cm³/mol. The molecule has 9 heteroatoms. The maximum Gasteiger partial charge on any atom is 1.00 e. The van der Waals surface area contributed by atoms with Crippen LogP contribution in [0.1, 0.15) is 85.9 Å². The molecule has 0 saturated carbocycles. The maximum atomic E-state index is 12.6. The Labute approximate surface area is 240 Å². The molecule has 0 radical (unpaired) electrons. The molecule has 0 aliphatic carbocycles. The quantitative estimate of drug-likeness (QED) is 0.118. The van der Waals surface area contributed by atoms with Gasteiger partial charge >= 0.3 is 63.3 Å². The minimum Gasteiger partial charge on any atom is -0.744 e. The predicted octanol–water partition coefficient (Wildman–Crippen LogP) is 2.18. The smallest absolute Gasteiger partial charge is 0.744 e. The Hall–Kier alpha value is -0.814. The topological polar surface area (TPSA) is 110 Å². The van der Waals surface area contributed by atoms with Crippen LogP contribution in [0.15, 0.2) is 47.4 Å². The number of esters is 2. The number of hydrogen-bond donors (Lipinski definition) is 0. The third kappa shape index (κ3) is 13.0. The number of carbonyl (C=O) groups excluding carboxylic acids is 2. The summed E-state index contributed by atoms with van der Waals surface area (Å²) in [7, 11) is -4.99. The molecule has 0 unspecified atom stereocenters. The first-order chi connectivity index (χ1) is 15.3. The van der Waals surface area contributed by atoms with E-state index in [2.05, 4.69) is 12.2 Å². The molecule has 0 amide bonds. The van der Waals surface area contributed by atoms with Gasteiger partial charge in [-0.15, -0.1) is 0 Å². The van der Waals surface area contributed by atoms with E-state index in [1.807, 2.05) is 26.0 Å². The minimum atomic E-state index is -4.99. The van der Waals surface area contributed by atoms with Gasteiger partial charge < -0.3 is 14.0 Å². The zero-order valence-corrected chi connectivity index (χ0v) is 23.8. The summed E-state index contributed by atoms with van der Waals surface area (Å²) in [5.41, 5.74) is -0.854. The Morgan fingerprint density at radius 1 is 0.848 bits per heavy atom. The van der Waals surface area contributed by atoms with E-state index in [9.17, 15) is 22.6 Å². The molecule has 0 atom stereocenters.